The molecule has 1 aromatic rings. The summed E-state index contributed by atoms with van der Waals surface area (Å²) < 4.78 is 0. The number of rotatable bonds is 2. The quantitative estimate of drug-likeness (QED) is 0.744. The van der Waals surface area contributed by atoms with E-state index in [9.17, 15) is 4.79 Å². The van der Waals surface area contributed by atoms with Gasteiger partial charge in [0.05, 0.1) is 11.4 Å². The molecule has 0 atom stereocenters. The molecule has 0 amide bonds. The molecule has 1 N–H and O–H groups in total. The lowest BCUT2D eigenvalue weighted by molar-refractivity contribution is -0.129. The van der Waals surface area contributed by atoms with Crippen molar-refractivity contribution in [2.24, 2.45) is 10.2 Å². The van der Waals surface area contributed by atoms with E-state index in [1.807, 2.05) is 6.07 Å². The van der Waals surface area contributed by atoms with Crippen molar-refractivity contribution in [3.8, 4) is 0 Å². The molecule has 0 saturated carbocycles. The predicted molar refractivity (Wildman–Crippen MR) is 50.5 cm³/mol. The summed E-state index contributed by atoms with van der Waals surface area (Å²) in [4.78, 5) is 14.6. The third-order valence-electron chi connectivity index (χ3n) is 1.83. The average Bonchev–Trinajstić information content (AvgIpc) is 2.68. The fourth-order valence-corrected chi connectivity index (χ4v) is 1.14. The maximum atomic E-state index is 10.6. The minimum absolute atomic E-state index is 0.0608. The highest BCUT2D eigenvalue weighted by atomic mass is 16.4. The molecule has 0 aromatic carbocycles. The van der Waals surface area contributed by atoms with Crippen LogP contribution in [0.15, 0.2) is 34.6 Å². The minimum atomic E-state index is -1.03. The number of pyridine rings is 1. The first-order valence-electron chi connectivity index (χ1n) is 4.05. The molecule has 5 nitrogen and oxygen atoms in total. The van der Waals surface area contributed by atoms with E-state index in [4.69, 9.17) is 5.11 Å². The van der Waals surface area contributed by atoms with Gasteiger partial charge in [-0.1, -0.05) is 6.07 Å². The van der Waals surface area contributed by atoms with Crippen LogP contribution >= 0.6 is 0 Å². The average molecular weight is 189 g/mol. The van der Waals surface area contributed by atoms with Gasteiger partial charge >= 0.3 is 5.97 Å². The second kappa shape index (κ2) is 3.37. The Kier molecular flexibility index (Phi) is 2.06. The first-order chi connectivity index (χ1) is 6.77. The summed E-state index contributed by atoms with van der Waals surface area (Å²) in [5.74, 6) is -1.03. The molecule has 0 bridgehead atoms. The van der Waals surface area contributed by atoms with Crippen molar-refractivity contribution in [1.82, 2.24) is 4.98 Å². The highest BCUT2D eigenvalue weighted by Crippen LogP contribution is 2.09. The number of carboxylic acid groups (broad SMARTS) is 1. The third kappa shape index (κ3) is 1.52. The molecular formula is C9H7N3O2. The molecule has 0 radical (unpaired) electrons. The smallest absolute Gasteiger partial charge is 0.352 e. The van der Waals surface area contributed by atoms with Crippen molar-refractivity contribution in [1.29, 1.82) is 0 Å². The minimum Gasteiger partial charge on any atom is -0.477 e. The highest BCUT2D eigenvalue weighted by molar-refractivity contribution is 6.41. The molecule has 2 rings (SSSR count). The number of hydrogen-bond donors (Lipinski definition) is 1. The van der Waals surface area contributed by atoms with Gasteiger partial charge in [0.15, 0.2) is 5.71 Å². The molecule has 0 saturated heterocycles. The van der Waals surface area contributed by atoms with Gasteiger partial charge in [0, 0.05) is 12.6 Å². The summed E-state index contributed by atoms with van der Waals surface area (Å²) in [7, 11) is 0. The largest absolute Gasteiger partial charge is 0.477 e. The highest BCUT2D eigenvalue weighted by Gasteiger charge is 2.20. The lowest BCUT2D eigenvalue weighted by atomic mass is 10.1. The Balaban J connectivity index is 2.17. The SMILES string of the molecule is O=C(O)C1=NN=C(c2ccccn2)C1. The predicted octanol–water partition coefficient (Wildman–Crippen LogP) is 0.715. The van der Waals surface area contributed by atoms with Crippen LogP contribution in [-0.4, -0.2) is 27.5 Å². The van der Waals surface area contributed by atoms with Crippen LogP contribution < -0.4 is 0 Å². The molecule has 1 aromatic heterocycles. The maximum absolute atomic E-state index is 10.6. The van der Waals surface area contributed by atoms with Gasteiger partial charge in [-0.25, -0.2) is 4.79 Å². The summed E-state index contributed by atoms with van der Waals surface area (Å²) >= 11 is 0. The number of carboxylic acids is 1. The van der Waals surface area contributed by atoms with E-state index in [-0.39, 0.29) is 12.1 Å². The molecule has 1 aliphatic heterocycles. The number of nitrogens with zero attached hydrogens (tertiary/aromatic N) is 3. The summed E-state index contributed by atoms with van der Waals surface area (Å²) in [5.41, 5.74) is 1.33. The van der Waals surface area contributed by atoms with Crippen LogP contribution in [-0.2, 0) is 4.79 Å². The van der Waals surface area contributed by atoms with E-state index >= 15 is 0 Å². The molecule has 14 heavy (non-hydrogen) atoms. The van der Waals surface area contributed by atoms with Crippen LogP contribution in [0.4, 0.5) is 0 Å². The van der Waals surface area contributed by atoms with Crippen LogP contribution in [0.1, 0.15) is 12.1 Å². The lowest BCUT2D eigenvalue weighted by Crippen LogP contribution is -2.14. The van der Waals surface area contributed by atoms with E-state index in [1.165, 1.54) is 0 Å². The standard InChI is InChI=1S/C9H7N3O2/c13-9(14)8-5-7(11-12-8)6-3-1-2-4-10-6/h1-4H,5H2,(H,13,14). The van der Waals surface area contributed by atoms with E-state index < -0.39 is 5.97 Å². The van der Waals surface area contributed by atoms with Crippen molar-refractivity contribution < 1.29 is 9.90 Å². The summed E-state index contributed by atoms with van der Waals surface area (Å²) in [6.45, 7) is 0. The van der Waals surface area contributed by atoms with Gasteiger partial charge in [-0.15, -0.1) is 5.10 Å². The van der Waals surface area contributed by atoms with Crippen LogP contribution in [0.5, 0.6) is 0 Å². The van der Waals surface area contributed by atoms with Gasteiger partial charge < -0.3 is 5.11 Å². The van der Waals surface area contributed by atoms with Gasteiger partial charge in [0.25, 0.3) is 0 Å². The van der Waals surface area contributed by atoms with Gasteiger partial charge in [-0.2, -0.15) is 5.10 Å². The Labute approximate surface area is 79.8 Å². The topological polar surface area (TPSA) is 74.9 Å². The molecule has 2 heterocycles. The van der Waals surface area contributed by atoms with Crippen molar-refractivity contribution >= 4 is 17.4 Å². The zero-order chi connectivity index (χ0) is 9.97. The Morgan fingerprint density at radius 3 is 2.79 bits per heavy atom. The number of aliphatic carboxylic acids is 1. The van der Waals surface area contributed by atoms with Crippen molar-refractivity contribution in [3.05, 3.63) is 30.1 Å². The molecule has 1 aliphatic rings. The van der Waals surface area contributed by atoms with Crippen LogP contribution in [0.25, 0.3) is 0 Å². The maximum Gasteiger partial charge on any atom is 0.352 e. The zero-order valence-corrected chi connectivity index (χ0v) is 7.21. The third-order valence-corrected chi connectivity index (χ3v) is 1.83. The molecule has 5 heteroatoms. The first-order valence-corrected chi connectivity index (χ1v) is 4.05. The Hall–Kier alpha value is -2.04. The van der Waals surface area contributed by atoms with Crippen molar-refractivity contribution in [2.75, 3.05) is 0 Å². The summed E-state index contributed by atoms with van der Waals surface area (Å²) in [5, 5.41) is 16.0. The molecule has 0 fully saturated rings. The Morgan fingerprint density at radius 2 is 2.21 bits per heavy atom. The van der Waals surface area contributed by atoms with Gasteiger partial charge in [0.1, 0.15) is 0 Å². The fraction of sp³-hybridized carbons (Fsp3) is 0.111. The van der Waals surface area contributed by atoms with Crippen LogP contribution in [0.3, 0.4) is 0 Å². The lowest BCUT2D eigenvalue weighted by Gasteiger charge is -1.96. The molecular weight excluding hydrogens is 182 g/mol. The summed E-state index contributed by atoms with van der Waals surface area (Å²) in [6.07, 6.45) is 1.88. The first kappa shape index (κ1) is 8.55. The van der Waals surface area contributed by atoms with Crippen molar-refractivity contribution in [2.45, 2.75) is 6.42 Å². The van der Waals surface area contributed by atoms with E-state index in [0.29, 0.717) is 11.4 Å². The van der Waals surface area contributed by atoms with Crippen LogP contribution in [0, 0.1) is 0 Å². The Bertz CT molecular complexity index is 423. The summed E-state index contributed by atoms with van der Waals surface area (Å²) in [6, 6.07) is 5.39. The number of hydrogen-bond acceptors (Lipinski definition) is 4. The van der Waals surface area contributed by atoms with Gasteiger partial charge in [-0.3, -0.25) is 4.98 Å². The molecule has 0 unspecified atom stereocenters. The normalized spacial score (nSPS) is 14.9. The zero-order valence-electron chi connectivity index (χ0n) is 7.21. The Morgan fingerprint density at radius 1 is 1.36 bits per heavy atom. The van der Waals surface area contributed by atoms with Gasteiger partial charge in [0.2, 0.25) is 0 Å². The van der Waals surface area contributed by atoms with E-state index in [1.54, 1.807) is 18.3 Å². The van der Waals surface area contributed by atoms with E-state index in [2.05, 4.69) is 15.2 Å². The number of carbonyl (C=O) groups is 1. The van der Waals surface area contributed by atoms with Crippen molar-refractivity contribution in [3.63, 3.8) is 0 Å². The van der Waals surface area contributed by atoms with E-state index in [0.717, 1.165) is 0 Å². The molecule has 70 valence electrons. The number of aromatic nitrogens is 1. The van der Waals surface area contributed by atoms with Gasteiger partial charge in [-0.05, 0) is 12.1 Å². The second-order valence-electron chi connectivity index (χ2n) is 2.79. The molecule has 0 aliphatic carbocycles. The monoisotopic (exact) mass is 189 g/mol. The van der Waals surface area contributed by atoms with Crippen LogP contribution in [0.2, 0.25) is 0 Å². The second-order valence-corrected chi connectivity index (χ2v) is 2.79. The fourth-order valence-electron chi connectivity index (χ4n) is 1.14. The molecule has 0 spiro atoms.